The molecular formula is C21H37IN4O3. The zero-order chi connectivity index (χ0) is 20.2. The molecule has 0 radical (unpaired) electrons. The summed E-state index contributed by atoms with van der Waals surface area (Å²) in [5, 5.41) is 6.73. The molecular weight excluding hydrogens is 483 g/mol. The molecule has 0 spiro atoms. The minimum absolute atomic E-state index is 0. The fourth-order valence-electron chi connectivity index (χ4n) is 3.29. The molecule has 1 aliphatic carbocycles. The zero-order valence-corrected chi connectivity index (χ0v) is 20.5. The molecule has 7 nitrogen and oxygen atoms in total. The van der Waals surface area contributed by atoms with Crippen molar-refractivity contribution in [3.8, 4) is 11.5 Å². The third-order valence-electron chi connectivity index (χ3n) is 5.00. The number of likely N-dealkylation sites (N-methyl/N-ethyl adjacent to an activating group) is 1. The number of rotatable bonds is 11. The van der Waals surface area contributed by atoms with Crippen molar-refractivity contribution in [1.29, 1.82) is 0 Å². The summed E-state index contributed by atoms with van der Waals surface area (Å²) in [6, 6.07) is 6.03. The SMILES string of the molecule is CN=C(NCCN(C)CCOC)NCc1cccc(OC)c1OC1CCCC1.I. The van der Waals surface area contributed by atoms with Gasteiger partial charge in [-0.3, -0.25) is 4.99 Å². The smallest absolute Gasteiger partial charge is 0.191 e. The van der Waals surface area contributed by atoms with Gasteiger partial charge in [-0.1, -0.05) is 12.1 Å². The topological polar surface area (TPSA) is 67.4 Å². The highest BCUT2D eigenvalue weighted by Crippen LogP contribution is 2.34. The normalized spacial score (nSPS) is 14.6. The summed E-state index contributed by atoms with van der Waals surface area (Å²) in [6.45, 7) is 4.00. The van der Waals surface area contributed by atoms with E-state index in [1.165, 1.54) is 12.8 Å². The Labute approximate surface area is 192 Å². The molecule has 2 N–H and O–H groups in total. The van der Waals surface area contributed by atoms with E-state index >= 15 is 0 Å². The predicted molar refractivity (Wildman–Crippen MR) is 129 cm³/mol. The van der Waals surface area contributed by atoms with Crippen LogP contribution in [0.4, 0.5) is 0 Å². The van der Waals surface area contributed by atoms with Crippen molar-refractivity contribution in [1.82, 2.24) is 15.5 Å². The maximum atomic E-state index is 6.30. The van der Waals surface area contributed by atoms with E-state index in [4.69, 9.17) is 14.2 Å². The number of hydrogen-bond acceptors (Lipinski definition) is 5. The van der Waals surface area contributed by atoms with Crippen molar-refractivity contribution in [3.63, 3.8) is 0 Å². The van der Waals surface area contributed by atoms with Crippen LogP contribution in [0.25, 0.3) is 0 Å². The second-order valence-corrected chi connectivity index (χ2v) is 7.12. The Morgan fingerprint density at radius 2 is 1.93 bits per heavy atom. The van der Waals surface area contributed by atoms with E-state index in [0.717, 1.165) is 62.1 Å². The molecule has 166 valence electrons. The average Bonchev–Trinajstić information content (AvgIpc) is 3.22. The van der Waals surface area contributed by atoms with Crippen molar-refractivity contribution in [2.45, 2.75) is 38.3 Å². The van der Waals surface area contributed by atoms with Gasteiger partial charge in [0.15, 0.2) is 17.5 Å². The number of ether oxygens (including phenoxy) is 3. The predicted octanol–water partition coefficient (Wildman–Crippen LogP) is 2.88. The molecule has 0 aliphatic heterocycles. The number of halogens is 1. The Morgan fingerprint density at radius 3 is 2.59 bits per heavy atom. The van der Waals surface area contributed by atoms with Gasteiger partial charge in [-0.05, 0) is 38.8 Å². The monoisotopic (exact) mass is 520 g/mol. The summed E-state index contributed by atoms with van der Waals surface area (Å²) in [4.78, 5) is 6.54. The number of methoxy groups -OCH3 is 2. The molecule has 0 saturated heterocycles. The van der Waals surface area contributed by atoms with Crippen LogP contribution in [-0.4, -0.2) is 71.5 Å². The summed E-state index contributed by atoms with van der Waals surface area (Å²) in [6.07, 6.45) is 5.00. The molecule has 0 atom stereocenters. The lowest BCUT2D eigenvalue weighted by Gasteiger charge is -2.20. The Balaban J connectivity index is 0.00000420. The van der Waals surface area contributed by atoms with Crippen molar-refractivity contribution >= 4 is 29.9 Å². The van der Waals surface area contributed by atoms with Gasteiger partial charge in [-0.25, -0.2) is 0 Å². The molecule has 0 aromatic heterocycles. The minimum Gasteiger partial charge on any atom is -0.493 e. The molecule has 0 amide bonds. The summed E-state index contributed by atoms with van der Waals surface area (Å²) in [5.74, 6) is 2.41. The lowest BCUT2D eigenvalue weighted by atomic mass is 10.1. The Hall–Kier alpha value is -1.26. The van der Waals surface area contributed by atoms with E-state index in [1.807, 2.05) is 12.1 Å². The average molecular weight is 520 g/mol. The number of nitrogens with one attached hydrogen (secondary N) is 2. The second kappa shape index (κ2) is 14.7. The molecule has 1 aromatic carbocycles. The van der Waals surface area contributed by atoms with Crippen molar-refractivity contribution in [2.75, 3.05) is 54.6 Å². The number of hydrogen-bond donors (Lipinski definition) is 2. The lowest BCUT2D eigenvalue weighted by Crippen LogP contribution is -2.41. The maximum absolute atomic E-state index is 6.30. The summed E-state index contributed by atoms with van der Waals surface area (Å²) >= 11 is 0. The van der Waals surface area contributed by atoms with Crippen LogP contribution < -0.4 is 20.1 Å². The van der Waals surface area contributed by atoms with Gasteiger partial charge in [-0.2, -0.15) is 0 Å². The third-order valence-corrected chi connectivity index (χ3v) is 5.00. The quantitative estimate of drug-likeness (QED) is 0.266. The largest absolute Gasteiger partial charge is 0.493 e. The van der Waals surface area contributed by atoms with Gasteiger partial charge >= 0.3 is 0 Å². The third kappa shape index (κ3) is 8.96. The van der Waals surface area contributed by atoms with Crippen LogP contribution in [0.1, 0.15) is 31.2 Å². The number of para-hydroxylation sites is 1. The molecule has 0 unspecified atom stereocenters. The first-order chi connectivity index (χ1) is 13.7. The van der Waals surface area contributed by atoms with Crippen LogP contribution >= 0.6 is 24.0 Å². The molecule has 0 heterocycles. The number of guanidine groups is 1. The standard InChI is InChI=1S/C21H36N4O3.HI/c1-22-21(23-12-13-25(2)14-15-26-3)24-16-17-8-7-11-19(27-4)20(17)28-18-9-5-6-10-18;/h7-8,11,18H,5-6,9-10,12-16H2,1-4H3,(H2,22,23,24);1H. The molecule has 0 bridgehead atoms. The second-order valence-electron chi connectivity index (χ2n) is 7.12. The van der Waals surface area contributed by atoms with Crippen molar-refractivity contribution < 1.29 is 14.2 Å². The summed E-state index contributed by atoms with van der Waals surface area (Å²) in [5.41, 5.74) is 1.08. The molecule has 1 aliphatic rings. The molecule has 29 heavy (non-hydrogen) atoms. The Morgan fingerprint density at radius 1 is 1.17 bits per heavy atom. The van der Waals surface area contributed by atoms with Crippen molar-refractivity contribution in [3.05, 3.63) is 23.8 Å². The highest BCUT2D eigenvalue weighted by Gasteiger charge is 2.20. The van der Waals surface area contributed by atoms with Crippen LogP contribution in [0, 0.1) is 0 Å². The van der Waals surface area contributed by atoms with E-state index in [-0.39, 0.29) is 30.1 Å². The van der Waals surface area contributed by atoms with Gasteiger partial charge in [0.1, 0.15) is 0 Å². The highest BCUT2D eigenvalue weighted by molar-refractivity contribution is 14.0. The zero-order valence-electron chi connectivity index (χ0n) is 18.2. The Bertz CT molecular complexity index is 610. The number of benzene rings is 1. The highest BCUT2D eigenvalue weighted by atomic mass is 127. The molecule has 2 rings (SSSR count). The van der Waals surface area contributed by atoms with E-state index in [0.29, 0.717) is 6.54 Å². The molecule has 1 saturated carbocycles. The van der Waals surface area contributed by atoms with E-state index < -0.39 is 0 Å². The summed E-state index contributed by atoms with van der Waals surface area (Å²) in [7, 11) is 7.28. The molecule has 1 aromatic rings. The molecule has 1 fully saturated rings. The van der Waals surface area contributed by atoms with Crippen molar-refractivity contribution in [2.24, 2.45) is 4.99 Å². The van der Waals surface area contributed by atoms with Crippen LogP contribution in [0.3, 0.4) is 0 Å². The Kier molecular flexibility index (Phi) is 13.0. The van der Waals surface area contributed by atoms with Gasteiger partial charge in [0.25, 0.3) is 0 Å². The minimum atomic E-state index is 0. The van der Waals surface area contributed by atoms with E-state index in [2.05, 4.69) is 33.6 Å². The van der Waals surface area contributed by atoms with Gasteiger partial charge in [0, 0.05) is 45.9 Å². The first-order valence-electron chi connectivity index (χ1n) is 10.1. The van der Waals surface area contributed by atoms with E-state index in [1.54, 1.807) is 21.3 Å². The van der Waals surface area contributed by atoms with Crippen LogP contribution in [0.5, 0.6) is 11.5 Å². The number of aliphatic imine (C=N–C) groups is 1. The first-order valence-corrected chi connectivity index (χ1v) is 10.1. The maximum Gasteiger partial charge on any atom is 0.191 e. The summed E-state index contributed by atoms with van der Waals surface area (Å²) < 4.78 is 16.9. The van der Waals surface area contributed by atoms with Crippen LogP contribution in [0.15, 0.2) is 23.2 Å². The van der Waals surface area contributed by atoms with Gasteiger partial charge < -0.3 is 29.7 Å². The van der Waals surface area contributed by atoms with Gasteiger partial charge in [0.05, 0.1) is 19.8 Å². The fourth-order valence-corrected chi connectivity index (χ4v) is 3.29. The van der Waals surface area contributed by atoms with Crippen LogP contribution in [-0.2, 0) is 11.3 Å². The van der Waals surface area contributed by atoms with Gasteiger partial charge in [0.2, 0.25) is 0 Å². The first kappa shape index (κ1) is 25.8. The molecule has 8 heteroatoms. The number of nitrogens with zero attached hydrogens (tertiary/aromatic N) is 2. The lowest BCUT2D eigenvalue weighted by molar-refractivity contribution is 0.162. The van der Waals surface area contributed by atoms with Gasteiger partial charge in [-0.15, -0.1) is 24.0 Å². The van der Waals surface area contributed by atoms with E-state index in [9.17, 15) is 0 Å². The van der Waals surface area contributed by atoms with Crippen LogP contribution in [0.2, 0.25) is 0 Å². The fraction of sp³-hybridized carbons (Fsp3) is 0.667.